The van der Waals surface area contributed by atoms with E-state index in [0.717, 1.165) is 0 Å². The molecule has 5 fully saturated rings. The zero-order valence-electron chi connectivity index (χ0n) is 25.8. The van der Waals surface area contributed by atoms with Gasteiger partial charge in [-0.1, -0.05) is 0 Å². The summed E-state index contributed by atoms with van der Waals surface area (Å²) in [6.07, 6.45) is -33.8. The van der Waals surface area contributed by atoms with E-state index < -0.39 is 151 Å². The molecule has 5 heterocycles. The number of hydrogen-bond donors (Lipinski definition) is 10. The van der Waals surface area contributed by atoms with E-state index in [-0.39, 0.29) is 19.5 Å². The van der Waals surface area contributed by atoms with Crippen molar-refractivity contribution >= 4 is 27.1 Å². The number of aldehydes is 1. The van der Waals surface area contributed by atoms with Crippen molar-refractivity contribution in [3.05, 3.63) is 0 Å². The minimum absolute atomic E-state index is 0.155. The second-order valence-corrected chi connectivity index (χ2v) is 14.1. The number of fused-ring (bicyclic) bond motifs is 4. The zero-order valence-corrected chi connectivity index (χ0v) is 27.4. The molecule has 5 saturated heterocycles. The van der Waals surface area contributed by atoms with Gasteiger partial charge in [0, 0.05) is 0 Å². The van der Waals surface area contributed by atoms with E-state index in [1.54, 1.807) is 0 Å². The van der Waals surface area contributed by atoms with Crippen molar-refractivity contribution in [3.63, 3.8) is 0 Å². The van der Waals surface area contributed by atoms with Crippen LogP contribution in [-0.4, -0.2) is 216 Å². The van der Waals surface area contributed by atoms with Crippen LogP contribution < -0.4 is 0 Å². The first-order valence-electron chi connectivity index (χ1n) is 15.1. The molecule has 0 aromatic carbocycles. The lowest BCUT2D eigenvalue weighted by molar-refractivity contribution is -0.365. The van der Waals surface area contributed by atoms with E-state index in [9.17, 15) is 67.0 Å². The van der Waals surface area contributed by atoms with Crippen molar-refractivity contribution in [3.8, 4) is 0 Å². The van der Waals surface area contributed by atoms with Gasteiger partial charge in [-0.15, -0.1) is 0 Å². The van der Waals surface area contributed by atoms with Gasteiger partial charge in [0.2, 0.25) is 0 Å². The Morgan fingerprint density at radius 1 is 0.706 bits per heavy atom. The molecule has 5 rings (SSSR count). The van der Waals surface area contributed by atoms with E-state index in [2.05, 4.69) is 8.37 Å². The summed E-state index contributed by atoms with van der Waals surface area (Å²) in [5, 5.41) is 82.9. The number of hydrogen-bond acceptors (Lipinski definition) is 23. The molecule has 0 radical (unpaired) electrons. The molecule has 0 aromatic rings. The molecule has 0 amide bonds. The van der Waals surface area contributed by atoms with Crippen LogP contribution >= 0.6 is 0 Å². The van der Waals surface area contributed by atoms with Crippen LogP contribution in [0.3, 0.4) is 0 Å². The highest BCUT2D eigenvalue weighted by atomic mass is 32.3. The molecule has 25 nitrogen and oxygen atoms in total. The van der Waals surface area contributed by atoms with Crippen LogP contribution in [0.15, 0.2) is 0 Å². The van der Waals surface area contributed by atoms with Gasteiger partial charge in [-0.05, 0) is 0 Å². The summed E-state index contributed by atoms with van der Waals surface area (Å²) in [7, 11) is -10.7. The van der Waals surface area contributed by atoms with Crippen LogP contribution in [-0.2, 0) is 71.9 Å². The molecule has 4 bridgehead atoms. The third-order valence-corrected chi connectivity index (χ3v) is 9.59. The predicted molar refractivity (Wildman–Crippen MR) is 149 cm³/mol. The summed E-state index contributed by atoms with van der Waals surface area (Å²) in [5.41, 5.74) is 0. The fraction of sp³-hybridized carbons (Fsp3) is 0.958. The van der Waals surface area contributed by atoms with Crippen molar-refractivity contribution in [1.82, 2.24) is 0 Å². The van der Waals surface area contributed by atoms with Crippen LogP contribution in [0.2, 0.25) is 0 Å². The molecule has 10 N–H and O–H groups in total. The normalized spacial score (nSPS) is 43.8. The lowest BCUT2D eigenvalue weighted by atomic mass is 9.97. The summed E-state index contributed by atoms with van der Waals surface area (Å²) in [6.45, 7) is -2.78. The lowest BCUT2D eigenvalue weighted by Gasteiger charge is -2.47. The quantitative estimate of drug-likeness (QED) is 0.0512. The van der Waals surface area contributed by atoms with Gasteiger partial charge in [0.05, 0.1) is 26.4 Å². The van der Waals surface area contributed by atoms with Gasteiger partial charge in [0.25, 0.3) is 0 Å². The number of ether oxygens (including phenoxy) is 8. The highest BCUT2D eigenvalue weighted by molar-refractivity contribution is 7.81. The van der Waals surface area contributed by atoms with Gasteiger partial charge >= 0.3 is 20.8 Å². The first kappa shape index (κ1) is 40.9. The molecular formula is C24H38O25S2. The monoisotopic (exact) mass is 790 g/mol. The van der Waals surface area contributed by atoms with Gasteiger partial charge in [0.1, 0.15) is 97.7 Å². The van der Waals surface area contributed by atoms with Crippen molar-refractivity contribution < 1.29 is 118 Å². The van der Waals surface area contributed by atoms with Gasteiger partial charge in [-0.2, -0.15) is 16.8 Å². The molecule has 19 atom stereocenters. The van der Waals surface area contributed by atoms with Crippen molar-refractivity contribution in [2.75, 3.05) is 26.4 Å². The Kier molecular flexibility index (Phi) is 13.0. The largest absolute Gasteiger partial charge is 0.397 e. The lowest BCUT2D eigenvalue weighted by Crippen LogP contribution is -2.66. The first-order valence-corrected chi connectivity index (χ1v) is 17.8. The maximum absolute atomic E-state index is 11.7. The van der Waals surface area contributed by atoms with Gasteiger partial charge in [-0.3, -0.25) is 9.11 Å². The van der Waals surface area contributed by atoms with Crippen molar-refractivity contribution in [2.24, 2.45) is 0 Å². The number of aliphatic hydroxyl groups is 8. The number of carbonyl (C=O) groups is 1. The Morgan fingerprint density at radius 2 is 1.29 bits per heavy atom. The van der Waals surface area contributed by atoms with Crippen LogP contribution in [0.5, 0.6) is 0 Å². The Morgan fingerprint density at radius 3 is 1.90 bits per heavy atom. The molecule has 0 unspecified atom stereocenters. The fourth-order valence-electron chi connectivity index (χ4n) is 6.30. The van der Waals surface area contributed by atoms with Crippen molar-refractivity contribution in [2.45, 2.75) is 117 Å². The van der Waals surface area contributed by atoms with Crippen molar-refractivity contribution in [1.29, 1.82) is 0 Å². The Balaban J connectivity index is 1.34. The maximum Gasteiger partial charge on any atom is 0.397 e. The second-order valence-electron chi connectivity index (χ2n) is 12.0. The standard InChI is InChI=1S/C24H38O25S2/c25-1-6(28)15(16(7(29)2-26)48-50(34,35)36)45-23-13(32)20-17(10(44-23)5-41-20)46-24-14(33)21(18(8(3-27)42-24)49-51(37,38)39)47-22-12(31)19-11(30)9(43-22)4-40-19/h1,6-24,26-33H,2-5H2,(H,34,35,36)(H,37,38,39)/t6-,7+,8+,9+,10+,11-,12+,13+,14+,15+,16-,17-,18-,19-,20+,21+,22+,23+,24-/m0/s1. The fourth-order valence-corrected chi connectivity index (χ4v) is 7.33. The first-order chi connectivity index (χ1) is 23.9. The Hall–Kier alpha value is -1.23. The highest BCUT2D eigenvalue weighted by Gasteiger charge is 2.59. The zero-order chi connectivity index (χ0) is 37.6. The smallest absolute Gasteiger partial charge is 0.394 e. The van der Waals surface area contributed by atoms with Gasteiger partial charge in [0.15, 0.2) is 25.2 Å². The van der Waals surface area contributed by atoms with Crippen LogP contribution in [0, 0.1) is 0 Å². The molecule has 5 aliphatic heterocycles. The molecule has 0 aromatic heterocycles. The predicted octanol–water partition coefficient (Wildman–Crippen LogP) is -8.16. The minimum atomic E-state index is -5.39. The molecule has 51 heavy (non-hydrogen) atoms. The molecule has 0 aliphatic carbocycles. The molecule has 0 saturated carbocycles. The van der Waals surface area contributed by atoms with E-state index >= 15 is 0 Å². The highest BCUT2D eigenvalue weighted by Crippen LogP contribution is 2.38. The molecule has 296 valence electrons. The number of carbonyl (C=O) groups excluding carboxylic acids is 1. The third kappa shape index (κ3) is 9.02. The number of rotatable bonds is 16. The summed E-state index contributed by atoms with van der Waals surface area (Å²) in [4.78, 5) is 11.4. The molecule has 5 aliphatic rings. The summed E-state index contributed by atoms with van der Waals surface area (Å²) < 4.78 is 118. The SMILES string of the molecule is O=C[C@H](O)[C@@H](O[C@H]1O[C@@H]2CO[C@H]([C@H]1O)[C@H]2O[C@@H]1O[C@H](CO)[C@H](OS(=O)(=O)O)[C@H](O[C@H]2O[C@@H]3CO[C@@H]([C@H]3O)[C@H]2O)[C@H]1O)[C@@H](OS(=O)(=O)O)[C@H](O)CO. The topological polar surface area (TPSA) is 380 Å². The van der Waals surface area contributed by atoms with Gasteiger partial charge < -0.3 is 83.5 Å². The van der Waals surface area contributed by atoms with Crippen LogP contribution in [0.4, 0.5) is 0 Å². The summed E-state index contributed by atoms with van der Waals surface area (Å²) in [5.74, 6) is 0. The summed E-state index contributed by atoms with van der Waals surface area (Å²) >= 11 is 0. The third-order valence-electron chi connectivity index (χ3n) is 8.66. The van der Waals surface area contributed by atoms with Crippen LogP contribution in [0.1, 0.15) is 0 Å². The second kappa shape index (κ2) is 16.2. The molecular weight excluding hydrogens is 752 g/mol. The van der Waals surface area contributed by atoms with E-state index in [1.165, 1.54) is 0 Å². The molecule has 27 heteroatoms. The Bertz CT molecular complexity index is 1400. The Labute approximate surface area is 287 Å². The molecule has 0 spiro atoms. The number of aliphatic hydroxyl groups excluding tert-OH is 8. The minimum Gasteiger partial charge on any atom is -0.394 e. The summed E-state index contributed by atoms with van der Waals surface area (Å²) in [6, 6.07) is 0. The van der Waals surface area contributed by atoms with E-state index in [0.29, 0.717) is 0 Å². The average Bonchev–Trinajstić information content (AvgIpc) is 3.52. The van der Waals surface area contributed by atoms with Crippen LogP contribution in [0.25, 0.3) is 0 Å². The van der Waals surface area contributed by atoms with E-state index in [1.807, 2.05) is 0 Å². The van der Waals surface area contributed by atoms with Gasteiger partial charge in [-0.25, -0.2) is 8.37 Å². The van der Waals surface area contributed by atoms with E-state index in [4.69, 9.17) is 42.4 Å². The maximum atomic E-state index is 11.7. The average molecular weight is 791 g/mol.